The van der Waals surface area contributed by atoms with Gasteiger partial charge in [-0.15, -0.1) is 0 Å². The number of ether oxygens (including phenoxy) is 1. The Balaban J connectivity index is 1.99. The first-order chi connectivity index (χ1) is 4.27. The summed E-state index contributed by atoms with van der Waals surface area (Å²) >= 11 is 0. The molecule has 1 aliphatic heterocycles. The van der Waals surface area contributed by atoms with E-state index in [1.807, 2.05) is 0 Å². The summed E-state index contributed by atoms with van der Waals surface area (Å²) in [7, 11) is 0. The molecule has 52 valence electrons. The van der Waals surface area contributed by atoms with Crippen LogP contribution in [-0.2, 0) is 4.74 Å². The molecule has 4 atom stereocenters. The smallest absolute Gasteiger partial charge is 0.155 e. The van der Waals surface area contributed by atoms with Crippen molar-refractivity contribution >= 4 is 0 Å². The number of aliphatic hydroxyl groups is 1. The highest BCUT2D eigenvalue weighted by Crippen LogP contribution is 2.46. The summed E-state index contributed by atoms with van der Waals surface area (Å²) in [5.74, 6) is 1.45. The highest BCUT2D eigenvalue weighted by atomic mass is 16.6. The summed E-state index contributed by atoms with van der Waals surface area (Å²) in [4.78, 5) is 0. The van der Waals surface area contributed by atoms with Gasteiger partial charge in [-0.2, -0.15) is 0 Å². The molecule has 1 N–H and O–H groups in total. The summed E-state index contributed by atoms with van der Waals surface area (Å²) in [6, 6.07) is 0. The Labute approximate surface area is 54.8 Å². The lowest BCUT2D eigenvalue weighted by Crippen LogP contribution is -2.24. The molecule has 9 heavy (non-hydrogen) atoms. The molecule has 2 heteroatoms. The van der Waals surface area contributed by atoms with Crippen LogP contribution in [0.15, 0.2) is 0 Å². The minimum Gasteiger partial charge on any atom is -0.368 e. The van der Waals surface area contributed by atoms with E-state index in [9.17, 15) is 0 Å². The molecule has 0 radical (unpaired) electrons. The van der Waals surface area contributed by atoms with Gasteiger partial charge in [0.1, 0.15) is 0 Å². The van der Waals surface area contributed by atoms with Gasteiger partial charge in [0.15, 0.2) is 6.29 Å². The van der Waals surface area contributed by atoms with Crippen molar-refractivity contribution in [1.82, 2.24) is 0 Å². The van der Waals surface area contributed by atoms with E-state index in [0.717, 1.165) is 12.3 Å². The highest BCUT2D eigenvalue weighted by Gasteiger charge is 2.47. The van der Waals surface area contributed by atoms with Gasteiger partial charge in [-0.3, -0.25) is 0 Å². The Hall–Kier alpha value is -0.0800. The fourth-order valence-electron chi connectivity index (χ4n) is 1.70. The average Bonchev–Trinajstić information content (AvgIpc) is 2.43. The molecule has 0 aromatic rings. The van der Waals surface area contributed by atoms with Crippen LogP contribution in [0.1, 0.15) is 19.8 Å². The lowest BCUT2D eigenvalue weighted by molar-refractivity contribution is -0.143. The zero-order valence-electron chi connectivity index (χ0n) is 5.58. The predicted octanol–water partition coefficient (Wildman–Crippen LogP) is 0.750. The predicted molar refractivity (Wildman–Crippen MR) is 32.8 cm³/mol. The molecule has 3 unspecified atom stereocenters. The van der Waals surface area contributed by atoms with E-state index in [0.29, 0.717) is 12.0 Å². The maximum Gasteiger partial charge on any atom is 0.155 e. The topological polar surface area (TPSA) is 29.5 Å². The molecule has 0 amide bonds. The van der Waals surface area contributed by atoms with Gasteiger partial charge in [0.25, 0.3) is 0 Å². The molecule has 2 rings (SSSR count). The van der Waals surface area contributed by atoms with Crippen molar-refractivity contribution in [2.75, 3.05) is 0 Å². The van der Waals surface area contributed by atoms with E-state index in [1.54, 1.807) is 0 Å². The second kappa shape index (κ2) is 1.70. The van der Waals surface area contributed by atoms with Crippen molar-refractivity contribution in [3.63, 3.8) is 0 Å². The van der Waals surface area contributed by atoms with Crippen LogP contribution >= 0.6 is 0 Å². The molecule has 1 aliphatic carbocycles. The molecule has 2 nitrogen and oxygen atoms in total. The molecular formula is C7H12O2. The van der Waals surface area contributed by atoms with Crippen LogP contribution in [0.25, 0.3) is 0 Å². The van der Waals surface area contributed by atoms with E-state index >= 15 is 0 Å². The fourth-order valence-corrected chi connectivity index (χ4v) is 1.70. The van der Waals surface area contributed by atoms with Crippen molar-refractivity contribution in [3.05, 3.63) is 0 Å². The first-order valence-electron chi connectivity index (χ1n) is 3.61. The molecule has 0 bridgehead atoms. The largest absolute Gasteiger partial charge is 0.368 e. The number of rotatable bonds is 0. The lowest BCUT2D eigenvalue weighted by atomic mass is 10.0. The lowest BCUT2D eigenvalue weighted by Gasteiger charge is -2.22. The SMILES string of the molecule is CC1CC(O)OC2C[C@H]12. The normalized spacial score (nSPS) is 56.7. The van der Waals surface area contributed by atoms with Gasteiger partial charge in [0.05, 0.1) is 6.10 Å². The molecule has 2 fully saturated rings. The third-order valence-electron chi connectivity index (χ3n) is 2.42. The second-order valence-electron chi connectivity index (χ2n) is 3.24. The Morgan fingerprint density at radius 1 is 1.44 bits per heavy atom. The Morgan fingerprint density at radius 2 is 2.22 bits per heavy atom. The zero-order valence-corrected chi connectivity index (χ0v) is 5.58. The molecular weight excluding hydrogens is 116 g/mol. The van der Waals surface area contributed by atoms with Gasteiger partial charge in [-0.05, 0) is 18.3 Å². The molecule has 1 saturated heterocycles. The second-order valence-corrected chi connectivity index (χ2v) is 3.24. The quantitative estimate of drug-likeness (QED) is 0.521. The third-order valence-corrected chi connectivity index (χ3v) is 2.42. The minimum absolute atomic E-state index is 0.406. The van der Waals surface area contributed by atoms with Crippen LogP contribution in [0, 0.1) is 11.8 Å². The van der Waals surface area contributed by atoms with Crippen molar-refractivity contribution in [3.8, 4) is 0 Å². The standard InChI is InChI=1S/C7H12O2/c1-4-2-7(8)9-6-3-5(4)6/h4-8H,2-3H2,1H3/t4?,5-,6?,7?/m1/s1. The van der Waals surface area contributed by atoms with Crippen LogP contribution in [0.2, 0.25) is 0 Å². The summed E-state index contributed by atoms with van der Waals surface area (Å²) < 4.78 is 5.19. The van der Waals surface area contributed by atoms with E-state index in [2.05, 4.69) is 6.92 Å². The van der Waals surface area contributed by atoms with Crippen LogP contribution in [-0.4, -0.2) is 17.5 Å². The summed E-state index contributed by atoms with van der Waals surface area (Å²) in [6.45, 7) is 2.19. The Kier molecular flexibility index (Phi) is 1.08. The molecule has 1 saturated carbocycles. The van der Waals surface area contributed by atoms with Gasteiger partial charge >= 0.3 is 0 Å². The van der Waals surface area contributed by atoms with Crippen molar-refractivity contribution < 1.29 is 9.84 Å². The van der Waals surface area contributed by atoms with E-state index < -0.39 is 6.29 Å². The van der Waals surface area contributed by atoms with Gasteiger partial charge in [0, 0.05) is 6.42 Å². The Bertz CT molecular complexity index is 124. The summed E-state index contributed by atoms with van der Waals surface area (Å²) in [5, 5.41) is 9.05. The van der Waals surface area contributed by atoms with Crippen LogP contribution < -0.4 is 0 Å². The van der Waals surface area contributed by atoms with Crippen LogP contribution in [0.3, 0.4) is 0 Å². The molecule has 0 aromatic carbocycles. The number of fused-ring (bicyclic) bond motifs is 1. The maximum absolute atomic E-state index is 9.05. The molecule has 2 aliphatic rings. The van der Waals surface area contributed by atoms with Crippen molar-refractivity contribution in [2.24, 2.45) is 11.8 Å². The maximum atomic E-state index is 9.05. The monoisotopic (exact) mass is 128 g/mol. The summed E-state index contributed by atoms with van der Waals surface area (Å²) in [6.07, 6.45) is 1.95. The van der Waals surface area contributed by atoms with Crippen LogP contribution in [0.5, 0.6) is 0 Å². The van der Waals surface area contributed by atoms with E-state index in [4.69, 9.17) is 9.84 Å². The van der Waals surface area contributed by atoms with E-state index in [1.165, 1.54) is 6.42 Å². The fraction of sp³-hybridized carbons (Fsp3) is 1.00. The minimum atomic E-state index is -0.469. The van der Waals surface area contributed by atoms with Crippen molar-refractivity contribution in [1.29, 1.82) is 0 Å². The molecule has 0 spiro atoms. The average molecular weight is 128 g/mol. The van der Waals surface area contributed by atoms with Gasteiger partial charge < -0.3 is 9.84 Å². The van der Waals surface area contributed by atoms with Crippen molar-refractivity contribution in [2.45, 2.75) is 32.2 Å². The first kappa shape index (κ1) is 5.69. The number of aliphatic hydroxyl groups excluding tert-OH is 1. The van der Waals surface area contributed by atoms with Gasteiger partial charge in [-0.1, -0.05) is 6.92 Å². The van der Waals surface area contributed by atoms with Gasteiger partial charge in [0.2, 0.25) is 0 Å². The highest BCUT2D eigenvalue weighted by molar-refractivity contribution is 4.94. The first-order valence-corrected chi connectivity index (χ1v) is 3.61. The van der Waals surface area contributed by atoms with E-state index in [-0.39, 0.29) is 0 Å². The Morgan fingerprint density at radius 3 is 2.89 bits per heavy atom. The molecule has 0 aromatic heterocycles. The third kappa shape index (κ3) is 0.864. The van der Waals surface area contributed by atoms with Gasteiger partial charge in [-0.25, -0.2) is 0 Å². The van der Waals surface area contributed by atoms with Crippen LogP contribution in [0.4, 0.5) is 0 Å². The summed E-state index contributed by atoms with van der Waals surface area (Å²) in [5.41, 5.74) is 0. The number of hydrogen-bond donors (Lipinski definition) is 1. The zero-order chi connectivity index (χ0) is 6.43. The number of hydrogen-bond acceptors (Lipinski definition) is 2. The molecule has 1 heterocycles.